The van der Waals surface area contributed by atoms with Crippen LogP contribution in [0, 0.1) is 12.8 Å². The van der Waals surface area contributed by atoms with E-state index < -0.39 is 0 Å². The Hall–Kier alpha value is -1.62. The van der Waals surface area contributed by atoms with Crippen LogP contribution in [-0.4, -0.2) is 34.4 Å². The van der Waals surface area contributed by atoms with Crippen LogP contribution in [0.25, 0.3) is 5.65 Å². The van der Waals surface area contributed by atoms with E-state index in [-0.39, 0.29) is 0 Å². The summed E-state index contributed by atoms with van der Waals surface area (Å²) in [7, 11) is 0. The third-order valence-corrected chi connectivity index (χ3v) is 3.29. The van der Waals surface area contributed by atoms with Crippen LogP contribution in [0.1, 0.15) is 24.8 Å². The van der Waals surface area contributed by atoms with Crippen LogP contribution in [0.4, 0.5) is 5.95 Å². The van der Waals surface area contributed by atoms with Gasteiger partial charge in [0.15, 0.2) is 5.65 Å². The highest BCUT2D eigenvalue weighted by Crippen LogP contribution is 2.28. The summed E-state index contributed by atoms with van der Waals surface area (Å²) in [6.07, 6.45) is 5.62. The van der Waals surface area contributed by atoms with Gasteiger partial charge in [-0.3, -0.25) is 0 Å². The molecule has 0 radical (unpaired) electrons. The number of rotatable bonds is 7. The van der Waals surface area contributed by atoms with Gasteiger partial charge in [-0.25, -0.2) is 4.52 Å². The second kappa shape index (κ2) is 5.57. The SMILES string of the molecule is Cc1ccn2nc(NCCCOCC3CC3)nc2c1. The Balaban J connectivity index is 1.42. The van der Waals surface area contributed by atoms with Crippen molar-refractivity contribution >= 4 is 11.6 Å². The first-order valence-electron chi connectivity index (χ1n) is 6.96. The molecule has 19 heavy (non-hydrogen) atoms. The van der Waals surface area contributed by atoms with Gasteiger partial charge >= 0.3 is 0 Å². The highest BCUT2D eigenvalue weighted by molar-refractivity contribution is 5.45. The summed E-state index contributed by atoms with van der Waals surface area (Å²) < 4.78 is 7.37. The molecule has 2 aromatic rings. The summed E-state index contributed by atoms with van der Waals surface area (Å²) in [6, 6.07) is 4.05. The van der Waals surface area contributed by atoms with Gasteiger partial charge in [-0.15, -0.1) is 5.10 Å². The lowest BCUT2D eigenvalue weighted by Gasteiger charge is -2.03. The summed E-state index contributed by atoms with van der Waals surface area (Å²) in [6.45, 7) is 4.65. The minimum absolute atomic E-state index is 0.688. The molecular weight excluding hydrogens is 240 g/mol. The zero-order valence-electron chi connectivity index (χ0n) is 11.3. The van der Waals surface area contributed by atoms with Crippen LogP contribution in [0.15, 0.2) is 18.3 Å². The number of aryl methyl sites for hydroxylation is 1. The van der Waals surface area contributed by atoms with E-state index in [2.05, 4.69) is 22.3 Å². The zero-order valence-corrected chi connectivity index (χ0v) is 11.3. The molecule has 0 atom stereocenters. The maximum absolute atomic E-state index is 5.58. The predicted molar refractivity (Wildman–Crippen MR) is 74.4 cm³/mol. The van der Waals surface area contributed by atoms with Crippen molar-refractivity contribution in [3.63, 3.8) is 0 Å². The molecule has 0 saturated heterocycles. The number of nitrogens with zero attached hydrogens (tertiary/aromatic N) is 3. The molecule has 2 heterocycles. The van der Waals surface area contributed by atoms with Crippen LogP contribution in [0.5, 0.6) is 0 Å². The van der Waals surface area contributed by atoms with Crippen molar-refractivity contribution in [3.05, 3.63) is 23.9 Å². The fourth-order valence-corrected chi connectivity index (χ4v) is 1.97. The normalized spacial score (nSPS) is 15.0. The van der Waals surface area contributed by atoms with E-state index in [0.717, 1.165) is 37.7 Å². The van der Waals surface area contributed by atoms with Gasteiger partial charge in [0, 0.05) is 26.0 Å². The quantitative estimate of drug-likeness (QED) is 0.776. The molecular formula is C14H20N4O. The number of ether oxygens (including phenoxy) is 1. The van der Waals surface area contributed by atoms with Crippen LogP contribution < -0.4 is 5.32 Å². The monoisotopic (exact) mass is 260 g/mol. The molecule has 1 fully saturated rings. The number of aromatic nitrogens is 3. The number of hydrogen-bond donors (Lipinski definition) is 1. The minimum atomic E-state index is 0.688. The van der Waals surface area contributed by atoms with E-state index in [1.165, 1.54) is 18.4 Å². The fourth-order valence-electron chi connectivity index (χ4n) is 1.97. The first kappa shape index (κ1) is 12.4. The Morgan fingerprint density at radius 1 is 1.47 bits per heavy atom. The smallest absolute Gasteiger partial charge is 0.243 e. The minimum Gasteiger partial charge on any atom is -0.381 e. The molecule has 0 aliphatic heterocycles. The Morgan fingerprint density at radius 3 is 3.21 bits per heavy atom. The number of pyridine rings is 1. The average molecular weight is 260 g/mol. The standard InChI is InChI=1S/C14H20N4O/c1-11-5-7-18-13(9-11)16-14(17-18)15-6-2-8-19-10-12-3-4-12/h5,7,9,12H,2-4,6,8,10H2,1H3,(H,15,17). The number of nitrogens with one attached hydrogen (secondary N) is 1. The van der Waals surface area contributed by atoms with Crippen LogP contribution >= 0.6 is 0 Å². The first-order valence-corrected chi connectivity index (χ1v) is 6.96. The molecule has 0 aromatic carbocycles. The van der Waals surface area contributed by atoms with Gasteiger partial charge < -0.3 is 10.1 Å². The highest BCUT2D eigenvalue weighted by Gasteiger charge is 2.20. The van der Waals surface area contributed by atoms with Crippen molar-refractivity contribution in [3.8, 4) is 0 Å². The van der Waals surface area contributed by atoms with Gasteiger partial charge in [0.25, 0.3) is 0 Å². The van der Waals surface area contributed by atoms with Gasteiger partial charge in [0.1, 0.15) is 0 Å². The van der Waals surface area contributed by atoms with Gasteiger partial charge in [-0.05, 0) is 49.8 Å². The molecule has 5 nitrogen and oxygen atoms in total. The maximum atomic E-state index is 5.58. The van der Waals surface area contributed by atoms with Gasteiger partial charge in [0.2, 0.25) is 5.95 Å². The van der Waals surface area contributed by atoms with E-state index in [1.807, 2.05) is 18.3 Å². The van der Waals surface area contributed by atoms with Gasteiger partial charge in [-0.1, -0.05) is 0 Å². The van der Waals surface area contributed by atoms with E-state index in [0.29, 0.717) is 5.95 Å². The van der Waals surface area contributed by atoms with Crippen molar-refractivity contribution in [2.45, 2.75) is 26.2 Å². The summed E-state index contributed by atoms with van der Waals surface area (Å²) in [5.74, 6) is 1.53. The zero-order chi connectivity index (χ0) is 13.1. The van der Waals surface area contributed by atoms with Crippen molar-refractivity contribution in [2.75, 3.05) is 25.1 Å². The molecule has 1 aliphatic carbocycles. The molecule has 0 bridgehead atoms. The lowest BCUT2D eigenvalue weighted by molar-refractivity contribution is 0.124. The Kier molecular flexibility index (Phi) is 3.64. The predicted octanol–water partition coefficient (Wildman–Crippen LogP) is 2.27. The Morgan fingerprint density at radius 2 is 2.37 bits per heavy atom. The van der Waals surface area contributed by atoms with E-state index in [9.17, 15) is 0 Å². The molecule has 3 rings (SSSR count). The highest BCUT2D eigenvalue weighted by atomic mass is 16.5. The Bertz CT molecular complexity index is 547. The summed E-state index contributed by atoms with van der Waals surface area (Å²) >= 11 is 0. The fraction of sp³-hybridized carbons (Fsp3) is 0.571. The van der Waals surface area contributed by atoms with Crippen molar-refractivity contribution in [1.29, 1.82) is 0 Å². The molecule has 0 amide bonds. The molecule has 1 saturated carbocycles. The molecule has 102 valence electrons. The van der Waals surface area contributed by atoms with E-state index >= 15 is 0 Å². The summed E-state index contributed by atoms with van der Waals surface area (Å²) in [5.41, 5.74) is 2.08. The lowest BCUT2D eigenvalue weighted by Crippen LogP contribution is -2.07. The third kappa shape index (κ3) is 3.44. The average Bonchev–Trinajstić information content (AvgIpc) is 3.13. The largest absolute Gasteiger partial charge is 0.381 e. The first-order chi connectivity index (χ1) is 9.31. The second-order valence-electron chi connectivity index (χ2n) is 5.24. The van der Waals surface area contributed by atoms with Crippen LogP contribution in [-0.2, 0) is 4.74 Å². The molecule has 1 N–H and O–H groups in total. The molecule has 0 unspecified atom stereocenters. The lowest BCUT2D eigenvalue weighted by atomic mass is 10.3. The van der Waals surface area contributed by atoms with Crippen molar-refractivity contribution in [1.82, 2.24) is 14.6 Å². The number of hydrogen-bond acceptors (Lipinski definition) is 4. The molecule has 2 aromatic heterocycles. The third-order valence-electron chi connectivity index (χ3n) is 3.29. The molecule has 0 spiro atoms. The molecule has 1 aliphatic rings. The van der Waals surface area contributed by atoms with E-state index in [4.69, 9.17) is 4.74 Å². The Labute approximate surface area is 113 Å². The van der Waals surface area contributed by atoms with Gasteiger partial charge in [-0.2, -0.15) is 4.98 Å². The summed E-state index contributed by atoms with van der Waals surface area (Å²) in [4.78, 5) is 4.43. The van der Waals surface area contributed by atoms with Crippen molar-refractivity contribution in [2.24, 2.45) is 5.92 Å². The number of fused-ring (bicyclic) bond motifs is 1. The van der Waals surface area contributed by atoms with Crippen molar-refractivity contribution < 1.29 is 4.74 Å². The second-order valence-corrected chi connectivity index (χ2v) is 5.24. The number of anilines is 1. The maximum Gasteiger partial charge on any atom is 0.243 e. The topological polar surface area (TPSA) is 51.5 Å². The van der Waals surface area contributed by atoms with E-state index in [1.54, 1.807) is 4.52 Å². The summed E-state index contributed by atoms with van der Waals surface area (Å²) in [5, 5.41) is 7.60. The van der Waals surface area contributed by atoms with Gasteiger partial charge in [0.05, 0.1) is 0 Å². The molecule has 5 heteroatoms. The van der Waals surface area contributed by atoms with Crippen LogP contribution in [0.2, 0.25) is 0 Å². The van der Waals surface area contributed by atoms with Crippen LogP contribution in [0.3, 0.4) is 0 Å².